The molecular formula is C24H22FN3O3. The normalized spacial score (nSPS) is 10.9. The lowest BCUT2D eigenvalue weighted by Crippen LogP contribution is -2.04. The first-order chi connectivity index (χ1) is 15.2. The van der Waals surface area contributed by atoms with E-state index in [9.17, 15) is 9.18 Å². The molecule has 0 fully saturated rings. The summed E-state index contributed by atoms with van der Waals surface area (Å²) < 4.78 is 25.8. The van der Waals surface area contributed by atoms with Crippen molar-refractivity contribution in [2.75, 3.05) is 11.9 Å². The summed E-state index contributed by atoms with van der Waals surface area (Å²) in [6.45, 7) is 3.02. The summed E-state index contributed by atoms with van der Waals surface area (Å²) in [5.41, 5.74) is 2.80. The number of hydrogen-bond donors (Lipinski definition) is 1. The highest BCUT2D eigenvalue weighted by molar-refractivity contribution is 5.81. The van der Waals surface area contributed by atoms with Crippen LogP contribution in [-0.2, 0) is 18.0 Å². The molecule has 31 heavy (non-hydrogen) atoms. The van der Waals surface area contributed by atoms with Crippen molar-refractivity contribution in [2.24, 2.45) is 0 Å². The van der Waals surface area contributed by atoms with Crippen LogP contribution in [-0.4, -0.2) is 16.3 Å². The zero-order valence-corrected chi connectivity index (χ0v) is 17.0. The number of nitrogens with zero attached hydrogens (tertiary/aromatic N) is 2. The Morgan fingerprint density at radius 3 is 2.58 bits per heavy atom. The molecule has 0 bridgehead atoms. The second-order valence-electron chi connectivity index (χ2n) is 6.88. The van der Waals surface area contributed by atoms with Crippen LogP contribution in [0.15, 0.2) is 82.2 Å². The highest BCUT2D eigenvalue weighted by Gasteiger charge is 2.21. The maximum Gasteiger partial charge on any atom is 0.366 e. The van der Waals surface area contributed by atoms with Gasteiger partial charge in [0.15, 0.2) is 6.73 Å². The van der Waals surface area contributed by atoms with E-state index >= 15 is 0 Å². The summed E-state index contributed by atoms with van der Waals surface area (Å²) in [5.74, 6) is 0.280. The molecule has 0 aliphatic heterocycles. The van der Waals surface area contributed by atoms with Gasteiger partial charge in [0, 0.05) is 24.9 Å². The van der Waals surface area contributed by atoms with Gasteiger partial charge >= 0.3 is 5.63 Å². The molecule has 7 heteroatoms. The Morgan fingerprint density at radius 2 is 1.84 bits per heavy atom. The van der Waals surface area contributed by atoms with Gasteiger partial charge in [-0.2, -0.15) is 4.74 Å². The molecule has 0 aliphatic carbocycles. The minimum absolute atomic E-state index is 0.0807. The summed E-state index contributed by atoms with van der Waals surface area (Å²) in [7, 11) is 0. The Balaban J connectivity index is 1.73. The molecule has 0 unspecified atom stereocenters. The van der Waals surface area contributed by atoms with Gasteiger partial charge in [0.05, 0.1) is 5.56 Å². The van der Waals surface area contributed by atoms with E-state index in [0.717, 1.165) is 11.1 Å². The topological polar surface area (TPSA) is 69.3 Å². The summed E-state index contributed by atoms with van der Waals surface area (Å²) in [5, 5.41) is 3.30. The van der Waals surface area contributed by atoms with Crippen LogP contribution in [0, 0.1) is 5.82 Å². The van der Waals surface area contributed by atoms with Crippen molar-refractivity contribution < 1.29 is 13.7 Å². The quantitative estimate of drug-likeness (QED) is 0.439. The standard InChI is InChI=1S/C24H22FN3O3/c1-2-30-16-28-23(22(24(29)31-28)18-8-10-20(25)11-9-18)19-12-13-26-21(14-19)27-15-17-6-4-3-5-7-17/h3-14H,2,15-16H2,1H3,(H,26,27). The van der Waals surface area contributed by atoms with Crippen molar-refractivity contribution in [3.05, 3.63) is 94.7 Å². The van der Waals surface area contributed by atoms with E-state index in [0.29, 0.717) is 35.8 Å². The van der Waals surface area contributed by atoms with Crippen LogP contribution in [0.3, 0.4) is 0 Å². The third kappa shape index (κ3) is 4.73. The van der Waals surface area contributed by atoms with Crippen LogP contribution < -0.4 is 10.9 Å². The fourth-order valence-corrected chi connectivity index (χ4v) is 3.30. The number of nitrogens with one attached hydrogen (secondary N) is 1. The molecule has 0 saturated carbocycles. The van der Waals surface area contributed by atoms with Gasteiger partial charge in [-0.3, -0.25) is 0 Å². The summed E-state index contributed by atoms with van der Waals surface area (Å²) in [6, 6.07) is 19.4. The van der Waals surface area contributed by atoms with Crippen LogP contribution in [0.25, 0.3) is 22.4 Å². The zero-order valence-electron chi connectivity index (χ0n) is 17.0. The van der Waals surface area contributed by atoms with Gasteiger partial charge in [-0.25, -0.2) is 14.2 Å². The lowest BCUT2D eigenvalue weighted by molar-refractivity contribution is 0.0315. The molecule has 2 aromatic heterocycles. The van der Waals surface area contributed by atoms with Crippen LogP contribution in [0.4, 0.5) is 10.2 Å². The smallest absolute Gasteiger partial charge is 0.366 e. The van der Waals surface area contributed by atoms with Crippen molar-refractivity contribution in [3.63, 3.8) is 0 Å². The van der Waals surface area contributed by atoms with Crippen molar-refractivity contribution in [2.45, 2.75) is 20.2 Å². The largest absolute Gasteiger partial charge is 0.366 e. The SMILES string of the molecule is CCOCn1oc(=O)c(-c2ccc(F)cc2)c1-c1ccnc(NCc2ccccc2)c1. The van der Waals surface area contributed by atoms with Crippen LogP contribution in [0.1, 0.15) is 12.5 Å². The Kier molecular flexibility index (Phi) is 6.24. The summed E-state index contributed by atoms with van der Waals surface area (Å²) in [6.07, 6.45) is 1.67. The lowest BCUT2D eigenvalue weighted by atomic mass is 10.0. The molecule has 4 aromatic rings. The highest BCUT2D eigenvalue weighted by Crippen LogP contribution is 2.31. The first-order valence-corrected chi connectivity index (χ1v) is 9.97. The molecule has 158 valence electrons. The molecule has 2 heterocycles. The minimum Gasteiger partial charge on any atom is -0.366 e. The van der Waals surface area contributed by atoms with Gasteiger partial charge in [0.25, 0.3) is 0 Å². The number of rotatable bonds is 8. The number of hydrogen-bond acceptors (Lipinski definition) is 5. The maximum atomic E-state index is 13.4. The van der Waals surface area contributed by atoms with E-state index in [2.05, 4.69) is 10.3 Å². The molecule has 4 rings (SSSR count). The Hall–Kier alpha value is -3.71. The maximum absolute atomic E-state index is 13.4. The van der Waals surface area contributed by atoms with E-state index in [4.69, 9.17) is 9.26 Å². The Morgan fingerprint density at radius 1 is 1.06 bits per heavy atom. The highest BCUT2D eigenvalue weighted by atomic mass is 19.1. The number of halogens is 1. The number of pyridine rings is 1. The van der Waals surface area contributed by atoms with Gasteiger partial charge in [-0.05, 0) is 42.3 Å². The predicted octanol–water partition coefficient (Wildman–Crippen LogP) is 4.92. The average molecular weight is 419 g/mol. The molecule has 6 nitrogen and oxygen atoms in total. The van der Waals surface area contributed by atoms with Crippen molar-refractivity contribution in [1.29, 1.82) is 0 Å². The van der Waals surface area contributed by atoms with Gasteiger partial charge in [0.2, 0.25) is 0 Å². The van der Waals surface area contributed by atoms with Gasteiger partial charge in [-0.1, -0.05) is 42.5 Å². The zero-order chi connectivity index (χ0) is 21.6. The average Bonchev–Trinajstić information content (AvgIpc) is 3.13. The van der Waals surface area contributed by atoms with Crippen molar-refractivity contribution in [3.8, 4) is 22.4 Å². The van der Waals surface area contributed by atoms with E-state index in [1.165, 1.54) is 16.9 Å². The van der Waals surface area contributed by atoms with Crippen LogP contribution >= 0.6 is 0 Å². The Bertz CT molecular complexity index is 1200. The first-order valence-electron chi connectivity index (χ1n) is 9.97. The van der Waals surface area contributed by atoms with Crippen molar-refractivity contribution >= 4 is 5.82 Å². The van der Waals surface area contributed by atoms with Gasteiger partial charge in [-0.15, -0.1) is 0 Å². The molecule has 0 spiro atoms. The molecule has 0 atom stereocenters. The van der Waals surface area contributed by atoms with Gasteiger partial charge in [0.1, 0.15) is 17.3 Å². The molecule has 0 amide bonds. The molecule has 0 aliphatic rings. The molecular weight excluding hydrogens is 397 g/mol. The van der Waals surface area contributed by atoms with Gasteiger partial charge < -0.3 is 14.6 Å². The summed E-state index contributed by atoms with van der Waals surface area (Å²) >= 11 is 0. The second kappa shape index (κ2) is 9.40. The second-order valence-corrected chi connectivity index (χ2v) is 6.88. The van der Waals surface area contributed by atoms with E-state index < -0.39 is 5.63 Å². The molecule has 0 radical (unpaired) electrons. The molecule has 0 saturated heterocycles. The minimum atomic E-state index is -0.517. The molecule has 1 N–H and O–H groups in total. The number of aromatic nitrogens is 2. The van der Waals surface area contributed by atoms with E-state index in [1.807, 2.05) is 43.3 Å². The fourth-order valence-electron chi connectivity index (χ4n) is 3.30. The van der Waals surface area contributed by atoms with Crippen LogP contribution in [0.5, 0.6) is 0 Å². The first kappa shape index (κ1) is 20.6. The third-order valence-electron chi connectivity index (χ3n) is 4.78. The summed E-state index contributed by atoms with van der Waals surface area (Å²) in [4.78, 5) is 17.1. The number of benzene rings is 2. The predicted molar refractivity (Wildman–Crippen MR) is 117 cm³/mol. The monoisotopic (exact) mass is 419 g/mol. The van der Waals surface area contributed by atoms with E-state index in [1.54, 1.807) is 24.4 Å². The fraction of sp³-hybridized carbons (Fsp3) is 0.167. The Labute approximate surface area is 178 Å². The number of anilines is 1. The van der Waals surface area contributed by atoms with E-state index in [-0.39, 0.29) is 12.5 Å². The van der Waals surface area contributed by atoms with Crippen molar-refractivity contribution in [1.82, 2.24) is 9.72 Å². The van der Waals surface area contributed by atoms with Crippen LogP contribution in [0.2, 0.25) is 0 Å². The lowest BCUT2D eigenvalue weighted by Gasteiger charge is -2.11. The number of ether oxygens (including phenoxy) is 1. The molecule has 2 aromatic carbocycles. The third-order valence-corrected chi connectivity index (χ3v) is 4.78.